The zero-order chi connectivity index (χ0) is 19.8. The van der Waals surface area contributed by atoms with E-state index in [0.29, 0.717) is 24.3 Å². The van der Waals surface area contributed by atoms with E-state index in [-0.39, 0.29) is 24.3 Å². The van der Waals surface area contributed by atoms with Crippen LogP contribution in [0.25, 0.3) is 11.1 Å². The van der Waals surface area contributed by atoms with Crippen molar-refractivity contribution < 1.29 is 19.1 Å². The summed E-state index contributed by atoms with van der Waals surface area (Å²) in [4.78, 5) is 42.4. The lowest BCUT2D eigenvalue weighted by Gasteiger charge is -2.29. The quantitative estimate of drug-likeness (QED) is 0.824. The second-order valence-electron chi connectivity index (χ2n) is 7.31. The molecule has 3 heterocycles. The van der Waals surface area contributed by atoms with Crippen molar-refractivity contribution >= 4 is 17.7 Å². The van der Waals surface area contributed by atoms with Crippen molar-refractivity contribution in [2.75, 3.05) is 0 Å². The Kier molecular flexibility index (Phi) is 4.58. The van der Waals surface area contributed by atoms with Crippen molar-refractivity contribution in [3.05, 3.63) is 47.8 Å². The molecule has 7 nitrogen and oxygen atoms in total. The molecule has 1 fully saturated rings. The zero-order valence-corrected chi connectivity index (χ0v) is 15.8. The highest BCUT2D eigenvalue weighted by Crippen LogP contribution is 2.35. The number of nitrogens with zero attached hydrogens (tertiary/aromatic N) is 2. The van der Waals surface area contributed by atoms with Crippen molar-refractivity contribution in [1.29, 1.82) is 0 Å². The molecule has 3 amide bonds. The van der Waals surface area contributed by atoms with Crippen LogP contribution in [0, 0.1) is 0 Å². The Bertz CT molecular complexity index is 970. The summed E-state index contributed by atoms with van der Waals surface area (Å²) in [5.74, 6) is -0.225. The molecule has 1 N–H and O–H groups in total. The Morgan fingerprint density at radius 2 is 1.96 bits per heavy atom. The van der Waals surface area contributed by atoms with Crippen LogP contribution in [0.3, 0.4) is 0 Å². The molecule has 1 aromatic carbocycles. The molecule has 0 saturated carbocycles. The third kappa shape index (κ3) is 3.24. The van der Waals surface area contributed by atoms with Gasteiger partial charge in [-0.15, -0.1) is 0 Å². The highest BCUT2D eigenvalue weighted by Gasteiger charge is 2.39. The number of benzene rings is 1. The number of rotatable bonds is 4. The van der Waals surface area contributed by atoms with Gasteiger partial charge in [0, 0.05) is 30.3 Å². The number of amides is 3. The highest BCUT2D eigenvalue weighted by molar-refractivity contribution is 6.06. The Labute approximate surface area is 162 Å². The maximum Gasteiger partial charge on any atom is 0.255 e. The number of aromatic nitrogens is 1. The number of piperidine rings is 1. The molecule has 7 heteroatoms. The van der Waals surface area contributed by atoms with E-state index >= 15 is 0 Å². The Morgan fingerprint density at radius 3 is 2.71 bits per heavy atom. The first-order valence-electron chi connectivity index (χ1n) is 9.32. The van der Waals surface area contributed by atoms with Crippen LogP contribution < -0.4 is 10.1 Å². The summed E-state index contributed by atoms with van der Waals surface area (Å²) in [5, 5.41) is 2.33. The number of pyridine rings is 1. The smallest absolute Gasteiger partial charge is 0.255 e. The van der Waals surface area contributed by atoms with E-state index in [9.17, 15) is 14.4 Å². The fraction of sp³-hybridized carbons (Fsp3) is 0.333. The van der Waals surface area contributed by atoms with Gasteiger partial charge in [0.2, 0.25) is 11.8 Å². The van der Waals surface area contributed by atoms with Gasteiger partial charge < -0.3 is 9.64 Å². The van der Waals surface area contributed by atoms with Gasteiger partial charge in [0.1, 0.15) is 11.8 Å². The van der Waals surface area contributed by atoms with Crippen LogP contribution in [0.15, 0.2) is 36.7 Å². The van der Waals surface area contributed by atoms with Crippen molar-refractivity contribution in [3.8, 4) is 16.9 Å². The molecule has 2 aromatic rings. The third-order valence-electron chi connectivity index (χ3n) is 4.98. The summed E-state index contributed by atoms with van der Waals surface area (Å²) < 4.78 is 5.73. The van der Waals surface area contributed by atoms with Crippen LogP contribution in [-0.4, -0.2) is 39.8 Å². The topological polar surface area (TPSA) is 88.6 Å². The molecule has 4 rings (SSSR count). The van der Waals surface area contributed by atoms with Gasteiger partial charge >= 0.3 is 0 Å². The number of ether oxygens (including phenoxy) is 1. The molecule has 28 heavy (non-hydrogen) atoms. The summed E-state index contributed by atoms with van der Waals surface area (Å²) >= 11 is 0. The summed E-state index contributed by atoms with van der Waals surface area (Å²) in [6.45, 7) is 4.22. The van der Waals surface area contributed by atoms with Crippen molar-refractivity contribution in [2.45, 2.75) is 45.4 Å². The van der Waals surface area contributed by atoms with Crippen LogP contribution in [-0.2, 0) is 16.1 Å². The first-order valence-corrected chi connectivity index (χ1v) is 9.32. The number of imide groups is 1. The van der Waals surface area contributed by atoms with Gasteiger partial charge in [-0.25, -0.2) is 0 Å². The number of carbonyl (C=O) groups is 3. The minimum Gasteiger partial charge on any atom is -0.489 e. The van der Waals surface area contributed by atoms with Gasteiger partial charge in [0.15, 0.2) is 0 Å². The average Bonchev–Trinajstić information content (AvgIpc) is 2.98. The lowest BCUT2D eigenvalue weighted by atomic mass is 9.98. The van der Waals surface area contributed by atoms with Gasteiger partial charge in [0.25, 0.3) is 5.91 Å². The number of carbonyl (C=O) groups excluding carboxylic acids is 3. The van der Waals surface area contributed by atoms with Crippen molar-refractivity contribution in [2.24, 2.45) is 0 Å². The monoisotopic (exact) mass is 379 g/mol. The molecular formula is C21H21N3O4. The molecule has 0 bridgehead atoms. The predicted molar refractivity (Wildman–Crippen MR) is 101 cm³/mol. The minimum atomic E-state index is -0.626. The zero-order valence-electron chi connectivity index (χ0n) is 15.8. The van der Waals surface area contributed by atoms with Crippen molar-refractivity contribution in [3.63, 3.8) is 0 Å². The SMILES string of the molecule is CC(C)Oc1cncc(-c2cccc3c2CN(C2CCC(=O)NC2=O)C3=O)c1. The minimum absolute atomic E-state index is 0.0307. The first-order chi connectivity index (χ1) is 13.4. The Balaban J connectivity index is 1.67. The molecule has 144 valence electrons. The fourth-order valence-electron chi connectivity index (χ4n) is 3.76. The lowest BCUT2D eigenvalue weighted by Crippen LogP contribution is -2.52. The molecule has 1 unspecified atom stereocenters. The Hall–Kier alpha value is -3.22. The molecule has 1 atom stereocenters. The van der Waals surface area contributed by atoms with Crippen LogP contribution in [0.4, 0.5) is 0 Å². The average molecular weight is 379 g/mol. The molecular weight excluding hydrogens is 358 g/mol. The van der Waals surface area contributed by atoms with E-state index < -0.39 is 11.9 Å². The van der Waals surface area contributed by atoms with Gasteiger partial charge in [0.05, 0.1) is 12.3 Å². The number of nitrogens with one attached hydrogen (secondary N) is 1. The fourth-order valence-corrected chi connectivity index (χ4v) is 3.76. The van der Waals surface area contributed by atoms with Gasteiger partial charge in [-0.05, 0) is 43.5 Å². The van der Waals surface area contributed by atoms with E-state index in [0.717, 1.165) is 16.7 Å². The molecule has 0 spiro atoms. The second-order valence-corrected chi connectivity index (χ2v) is 7.31. The standard InChI is InChI=1S/C21H21N3O4/c1-12(2)28-14-8-13(9-22-10-14)15-4-3-5-16-17(15)11-24(21(16)27)18-6-7-19(25)23-20(18)26/h3-5,8-10,12,18H,6-7,11H2,1-2H3,(H,23,25,26). The maximum atomic E-state index is 12.9. The summed E-state index contributed by atoms with van der Waals surface area (Å²) in [6, 6.07) is 6.82. The van der Waals surface area contributed by atoms with Crippen LogP contribution in [0.2, 0.25) is 0 Å². The normalized spacial score (nSPS) is 19.0. The summed E-state index contributed by atoms with van der Waals surface area (Å²) in [5.41, 5.74) is 3.19. The largest absolute Gasteiger partial charge is 0.489 e. The maximum absolute atomic E-state index is 12.9. The van der Waals surface area contributed by atoms with Crippen LogP contribution in [0.1, 0.15) is 42.6 Å². The molecule has 0 radical (unpaired) electrons. The number of hydrogen-bond acceptors (Lipinski definition) is 5. The first kappa shape index (κ1) is 18.2. The summed E-state index contributed by atoms with van der Waals surface area (Å²) in [7, 11) is 0. The highest BCUT2D eigenvalue weighted by atomic mass is 16.5. The third-order valence-corrected chi connectivity index (χ3v) is 4.98. The van der Waals surface area contributed by atoms with E-state index in [1.165, 1.54) is 0 Å². The molecule has 2 aliphatic heterocycles. The molecule has 1 saturated heterocycles. The number of hydrogen-bond donors (Lipinski definition) is 1. The Morgan fingerprint density at radius 1 is 1.18 bits per heavy atom. The molecule has 1 aromatic heterocycles. The van der Waals surface area contributed by atoms with E-state index in [2.05, 4.69) is 10.3 Å². The summed E-state index contributed by atoms with van der Waals surface area (Å²) in [6.07, 6.45) is 4.01. The van der Waals surface area contributed by atoms with Gasteiger partial charge in [-0.3, -0.25) is 24.7 Å². The van der Waals surface area contributed by atoms with Crippen LogP contribution >= 0.6 is 0 Å². The van der Waals surface area contributed by atoms with Crippen molar-refractivity contribution in [1.82, 2.24) is 15.2 Å². The molecule has 0 aliphatic carbocycles. The predicted octanol–water partition coefficient (Wildman–Crippen LogP) is 2.30. The van der Waals surface area contributed by atoms with E-state index in [1.807, 2.05) is 32.0 Å². The second kappa shape index (κ2) is 7.07. The van der Waals surface area contributed by atoms with Crippen LogP contribution in [0.5, 0.6) is 5.75 Å². The van der Waals surface area contributed by atoms with E-state index in [1.54, 1.807) is 23.4 Å². The van der Waals surface area contributed by atoms with E-state index in [4.69, 9.17) is 4.74 Å². The van der Waals surface area contributed by atoms with Gasteiger partial charge in [-0.2, -0.15) is 0 Å². The lowest BCUT2D eigenvalue weighted by molar-refractivity contribution is -0.136. The molecule has 2 aliphatic rings. The number of fused-ring (bicyclic) bond motifs is 1. The van der Waals surface area contributed by atoms with Gasteiger partial charge in [-0.1, -0.05) is 12.1 Å².